The molecular formula is C10H19N5O5. The van der Waals surface area contributed by atoms with Gasteiger partial charge in [-0.25, -0.2) is 9.78 Å². The van der Waals surface area contributed by atoms with E-state index in [-0.39, 0.29) is 12.8 Å². The third-order valence-electron chi connectivity index (χ3n) is 1.61. The molecule has 0 aliphatic carbocycles. The smallest absolute Gasteiger partial charge is 0.320 e. The SMILES string of the molecule is CCC(=O)O.NC(N)=O.N[C@@H](Cc1cnc[nH]1)C(=O)O. The van der Waals surface area contributed by atoms with Gasteiger partial charge in [0.1, 0.15) is 6.04 Å². The van der Waals surface area contributed by atoms with Crippen LogP contribution in [0.5, 0.6) is 0 Å². The van der Waals surface area contributed by atoms with Crippen molar-refractivity contribution in [2.75, 3.05) is 0 Å². The molecule has 1 rings (SSSR count). The van der Waals surface area contributed by atoms with Crippen molar-refractivity contribution in [3.63, 3.8) is 0 Å². The zero-order chi connectivity index (χ0) is 16.1. The van der Waals surface area contributed by atoms with E-state index in [1.165, 1.54) is 6.33 Å². The van der Waals surface area contributed by atoms with E-state index in [1.54, 1.807) is 13.1 Å². The fourth-order valence-corrected chi connectivity index (χ4v) is 0.721. The largest absolute Gasteiger partial charge is 0.481 e. The van der Waals surface area contributed by atoms with Crippen molar-refractivity contribution in [3.8, 4) is 0 Å². The number of amides is 2. The number of aromatic amines is 1. The van der Waals surface area contributed by atoms with Gasteiger partial charge in [-0.15, -0.1) is 0 Å². The minimum absolute atomic E-state index is 0.222. The minimum atomic E-state index is -1.00. The molecular weight excluding hydrogens is 270 g/mol. The lowest BCUT2D eigenvalue weighted by Crippen LogP contribution is -2.32. The topological polar surface area (TPSA) is 198 Å². The first-order valence-corrected chi connectivity index (χ1v) is 5.43. The molecule has 2 amide bonds. The second-order valence-electron chi connectivity index (χ2n) is 3.38. The molecule has 0 saturated carbocycles. The van der Waals surface area contributed by atoms with Gasteiger partial charge in [0.2, 0.25) is 0 Å². The van der Waals surface area contributed by atoms with Gasteiger partial charge in [0.05, 0.1) is 6.33 Å². The number of H-pyrrole nitrogens is 1. The Labute approximate surface area is 115 Å². The van der Waals surface area contributed by atoms with Crippen molar-refractivity contribution >= 4 is 18.0 Å². The van der Waals surface area contributed by atoms with E-state index in [0.717, 1.165) is 5.69 Å². The number of nitrogens with zero attached hydrogens (tertiary/aromatic N) is 1. The molecule has 0 bridgehead atoms. The third kappa shape index (κ3) is 15.4. The van der Waals surface area contributed by atoms with Crippen LogP contribution >= 0.6 is 0 Å². The average molecular weight is 289 g/mol. The lowest BCUT2D eigenvalue weighted by Gasteiger charge is -2.02. The Morgan fingerprint density at radius 2 is 1.80 bits per heavy atom. The Bertz CT molecular complexity index is 402. The molecule has 20 heavy (non-hydrogen) atoms. The Morgan fingerprint density at radius 3 is 2.05 bits per heavy atom. The molecule has 0 radical (unpaired) electrons. The summed E-state index contributed by atoms with van der Waals surface area (Å²) in [5.41, 5.74) is 14.5. The van der Waals surface area contributed by atoms with Crippen molar-refractivity contribution in [2.24, 2.45) is 17.2 Å². The molecule has 0 saturated heterocycles. The fraction of sp³-hybridized carbons (Fsp3) is 0.400. The summed E-state index contributed by atoms with van der Waals surface area (Å²) in [7, 11) is 0. The summed E-state index contributed by atoms with van der Waals surface area (Å²) >= 11 is 0. The van der Waals surface area contributed by atoms with Crippen molar-refractivity contribution < 1.29 is 24.6 Å². The number of hydrogen-bond donors (Lipinski definition) is 6. The number of carboxylic acids is 2. The van der Waals surface area contributed by atoms with Crippen LogP contribution in [0.4, 0.5) is 4.79 Å². The van der Waals surface area contributed by atoms with Crippen molar-refractivity contribution in [1.29, 1.82) is 0 Å². The van der Waals surface area contributed by atoms with Crippen molar-refractivity contribution in [2.45, 2.75) is 25.8 Å². The number of imidazole rings is 1. The molecule has 1 atom stereocenters. The summed E-state index contributed by atoms with van der Waals surface area (Å²) < 4.78 is 0. The molecule has 0 spiro atoms. The van der Waals surface area contributed by atoms with Gasteiger partial charge in [-0.1, -0.05) is 6.92 Å². The number of aliphatic carboxylic acids is 2. The highest BCUT2D eigenvalue weighted by Crippen LogP contribution is 1.95. The van der Waals surface area contributed by atoms with Crippen LogP contribution in [0.3, 0.4) is 0 Å². The number of carbonyl (C=O) groups is 3. The summed E-state index contributed by atoms with van der Waals surface area (Å²) in [6.45, 7) is 1.60. The molecule has 0 aliphatic rings. The number of rotatable bonds is 4. The van der Waals surface area contributed by atoms with Crippen LogP contribution in [0.25, 0.3) is 0 Å². The van der Waals surface area contributed by atoms with Crippen molar-refractivity contribution in [3.05, 3.63) is 18.2 Å². The number of nitrogens with two attached hydrogens (primary N) is 3. The second kappa shape index (κ2) is 11.5. The first-order valence-electron chi connectivity index (χ1n) is 5.43. The monoisotopic (exact) mass is 289 g/mol. The number of carboxylic acid groups (broad SMARTS) is 2. The number of carbonyl (C=O) groups excluding carboxylic acids is 1. The zero-order valence-corrected chi connectivity index (χ0v) is 10.9. The lowest BCUT2D eigenvalue weighted by atomic mass is 10.2. The van der Waals surface area contributed by atoms with Crippen LogP contribution in [0.1, 0.15) is 19.0 Å². The highest BCUT2D eigenvalue weighted by Gasteiger charge is 2.11. The molecule has 114 valence electrons. The van der Waals surface area contributed by atoms with Gasteiger partial charge in [0, 0.05) is 24.7 Å². The zero-order valence-electron chi connectivity index (χ0n) is 10.9. The van der Waals surface area contributed by atoms with E-state index < -0.39 is 24.0 Å². The first-order chi connectivity index (χ1) is 9.20. The summed E-state index contributed by atoms with van der Waals surface area (Å²) in [6, 6.07) is -1.68. The number of hydrogen-bond acceptors (Lipinski definition) is 5. The van der Waals surface area contributed by atoms with Gasteiger partial charge in [-0.2, -0.15) is 0 Å². The summed E-state index contributed by atoms with van der Waals surface area (Å²) in [6.07, 6.45) is 3.56. The van der Waals surface area contributed by atoms with Gasteiger partial charge in [0.25, 0.3) is 0 Å². The molecule has 9 N–H and O–H groups in total. The van der Waals surface area contributed by atoms with Crippen molar-refractivity contribution in [1.82, 2.24) is 9.97 Å². The maximum Gasteiger partial charge on any atom is 0.320 e. The van der Waals surface area contributed by atoms with E-state index in [9.17, 15) is 9.59 Å². The summed E-state index contributed by atoms with van der Waals surface area (Å²) in [4.78, 5) is 35.1. The molecule has 1 aromatic rings. The van der Waals surface area contributed by atoms with Crippen LogP contribution in [0, 0.1) is 0 Å². The van der Waals surface area contributed by atoms with Gasteiger partial charge in [-0.3, -0.25) is 9.59 Å². The van der Waals surface area contributed by atoms with E-state index in [4.69, 9.17) is 20.7 Å². The first kappa shape index (κ1) is 19.7. The van der Waals surface area contributed by atoms with Gasteiger partial charge in [-0.05, 0) is 0 Å². The predicted molar refractivity (Wildman–Crippen MR) is 69.6 cm³/mol. The predicted octanol–water partition coefficient (Wildman–Crippen LogP) is -1.13. The fourth-order valence-electron chi connectivity index (χ4n) is 0.721. The summed E-state index contributed by atoms with van der Waals surface area (Å²) in [5.74, 6) is -1.75. The second-order valence-corrected chi connectivity index (χ2v) is 3.38. The lowest BCUT2D eigenvalue weighted by molar-refractivity contribution is -0.138. The molecule has 10 heteroatoms. The Morgan fingerprint density at radius 1 is 1.35 bits per heavy atom. The average Bonchev–Trinajstić information content (AvgIpc) is 2.81. The number of nitrogens with one attached hydrogen (secondary N) is 1. The highest BCUT2D eigenvalue weighted by atomic mass is 16.4. The Balaban J connectivity index is 0. The van der Waals surface area contributed by atoms with E-state index in [1.807, 2.05) is 0 Å². The van der Waals surface area contributed by atoms with Gasteiger partial charge < -0.3 is 32.4 Å². The van der Waals surface area contributed by atoms with E-state index >= 15 is 0 Å². The maximum atomic E-state index is 10.3. The molecule has 0 aliphatic heterocycles. The molecule has 1 aromatic heterocycles. The minimum Gasteiger partial charge on any atom is -0.481 e. The van der Waals surface area contributed by atoms with Gasteiger partial charge in [0.15, 0.2) is 0 Å². The number of primary amides is 2. The maximum absolute atomic E-state index is 10.3. The van der Waals surface area contributed by atoms with Crippen LogP contribution in [0.15, 0.2) is 12.5 Å². The standard InChI is InChI=1S/C6H9N3O2.C3H6O2.CH4N2O/c7-5(6(10)11)1-4-2-8-3-9-4;1-2-3(4)5;2-1(3)4/h2-3,5H,1,7H2,(H,8,9)(H,10,11);2H2,1H3,(H,4,5);(H4,2,3,4)/t5-;;/m0../s1. The molecule has 10 nitrogen and oxygen atoms in total. The summed E-state index contributed by atoms with van der Waals surface area (Å²) in [5, 5.41) is 16.1. The number of urea groups is 1. The Hall–Kier alpha value is -2.62. The third-order valence-corrected chi connectivity index (χ3v) is 1.61. The highest BCUT2D eigenvalue weighted by molar-refractivity contribution is 5.73. The Kier molecular flexibility index (Phi) is 11.3. The number of aromatic nitrogens is 2. The van der Waals surface area contributed by atoms with Crippen LogP contribution in [0.2, 0.25) is 0 Å². The molecule has 0 fully saturated rings. The van der Waals surface area contributed by atoms with Crippen LogP contribution in [-0.2, 0) is 16.0 Å². The van der Waals surface area contributed by atoms with Crippen LogP contribution in [-0.4, -0.2) is 44.2 Å². The van der Waals surface area contributed by atoms with Gasteiger partial charge >= 0.3 is 18.0 Å². The van der Waals surface area contributed by atoms with Crippen LogP contribution < -0.4 is 17.2 Å². The van der Waals surface area contributed by atoms with E-state index in [2.05, 4.69) is 21.4 Å². The van der Waals surface area contributed by atoms with E-state index in [0.29, 0.717) is 0 Å². The molecule has 1 heterocycles. The molecule has 0 unspecified atom stereocenters. The molecule has 0 aromatic carbocycles. The normalized spacial score (nSPS) is 10.1. The quantitative estimate of drug-likeness (QED) is 0.402.